The van der Waals surface area contributed by atoms with Crippen LogP contribution in [-0.2, 0) is 9.53 Å². The fourth-order valence-corrected chi connectivity index (χ4v) is 4.59. The lowest BCUT2D eigenvalue weighted by molar-refractivity contribution is -0.112. The minimum Gasteiger partial charge on any atom is -0.507 e. The molecule has 0 saturated heterocycles. The number of phenols is 1. The van der Waals surface area contributed by atoms with Crippen LogP contribution in [0.3, 0.4) is 0 Å². The second-order valence-corrected chi connectivity index (χ2v) is 9.70. The van der Waals surface area contributed by atoms with E-state index in [9.17, 15) is 19.5 Å². The van der Waals surface area contributed by atoms with Crippen molar-refractivity contribution in [2.24, 2.45) is 0 Å². The number of anilines is 2. The smallest absolute Gasteiger partial charge is 0.414 e. The quantitative estimate of drug-likeness (QED) is 0.116. The van der Waals surface area contributed by atoms with Gasteiger partial charge in [0.2, 0.25) is 5.91 Å². The van der Waals surface area contributed by atoms with E-state index in [1.807, 2.05) is 6.07 Å². The number of hydrogen-bond donors (Lipinski definition) is 4. The molecule has 44 heavy (non-hydrogen) atoms. The average Bonchev–Trinajstić information content (AvgIpc) is 3.04. The van der Waals surface area contributed by atoms with E-state index in [1.54, 1.807) is 109 Å². The molecule has 0 saturated carbocycles. The van der Waals surface area contributed by atoms with Crippen LogP contribution in [0.15, 0.2) is 133 Å². The van der Waals surface area contributed by atoms with Crippen LogP contribution in [0.25, 0.3) is 10.8 Å². The zero-order valence-electron chi connectivity index (χ0n) is 23.4. The van der Waals surface area contributed by atoms with Gasteiger partial charge in [-0.2, -0.15) is 0 Å². The summed E-state index contributed by atoms with van der Waals surface area (Å²) in [5.74, 6) is -0.682. The van der Waals surface area contributed by atoms with E-state index in [0.717, 1.165) is 0 Å². The molecular weight excluding hydrogens is 558 g/mol. The van der Waals surface area contributed by atoms with Gasteiger partial charge in [0.1, 0.15) is 11.5 Å². The zero-order chi connectivity index (χ0) is 30.9. The summed E-state index contributed by atoms with van der Waals surface area (Å²) in [7, 11) is 0. The molecule has 0 spiro atoms. The van der Waals surface area contributed by atoms with Crippen LogP contribution in [0, 0.1) is 0 Å². The predicted molar refractivity (Wildman–Crippen MR) is 168 cm³/mol. The molecule has 0 aromatic heterocycles. The Bertz CT molecular complexity index is 1810. The molecule has 0 radical (unpaired) electrons. The van der Waals surface area contributed by atoms with Crippen LogP contribution in [0.1, 0.15) is 22.0 Å². The fourth-order valence-electron chi connectivity index (χ4n) is 4.59. The van der Waals surface area contributed by atoms with Crippen molar-refractivity contribution in [1.29, 1.82) is 0 Å². The number of nitrogens with one attached hydrogen (secondary N) is 2. The second kappa shape index (κ2) is 13.7. The molecule has 5 aromatic carbocycles. The SMILES string of the molecule is Nc1ccccc1NC(=O)/C=C/[C@@H](Oc1ccccc1)[C@H](OC(=O)NC(=O)c1ccccc1)c1ccc(O)c2ccccc12. The molecule has 9 nitrogen and oxygen atoms in total. The molecule has 5 rings (SSSR count). The number of fused-ring (bicyclic) bond motifs is 1. The second-order valence-electron chi connectivity index (χ2n) is 9.70. The molecule has 0 aliphatic carbocycles. The van der Waals surface area contributed by atoms with Crippen LogP contribution in [-0.4, -0.2) is 29.1 Å². The van der Waals surface area contributed by atoms with Gasteiger partial charge in [-0.1, -0.05) is 78.9 Å². The highest BCUT2D eigenvalue weighted by Gasteiger charge is 2.30. The number of nitrogen functional groups attached to an aromatic ring is 1. The zero-order valence-corrected chi connectivity index (χ0v) is 23.4. The first-order valence-electron chi connectivity index (χ1n) is 13.7. The number of para-hydroxylation sites is 3. The minimum atomic E-state index is -1.19. The molecule has 0 aliphatic rings. The first kappa shape index (κ1) is 29.4. The Kier molecular flexibility index (Phi) is 9.17. The molecule has 0 unspecified atom stereocenters. The number of rotatable bonds is 9. The maximum absolute atomic E-state index is 13.2. The monoisotopic (exact) mass is 587 g/mol. The number of alkyl carbamates (subject to hydrolysis) is 1. The number of hydrogen-bond acceptors (Lipinski definition) is 7. The van der Waals surface area contributed by atoms with Gasteiger partial charge in [0, 0.05) is 22.6 Å². The van der Waals surface area contributed by atoms with Crippen molar-refractivity contribution in [2.75, 3.05) is 11.1 Å². The number of amides is 3. The summed E-state index contributed by atoms with van der Waals surface area (Å²) in [6.07, 6.45) is -0.568. The van der Waals surface area contributed by atoms with Gasteiger partial charge in [-0.05, 0) is 53.9 Å². The van der Waals surface area contributed by atoms with Crippen LogP contribution < -0.4 is 21.1 Å². The standard InChI is InChI=1S/C35H29N3O6/c36-28-17-9-10-18-29(28)37-32(40)22-21-31(43-24-13-5-2-6-14-24)33(27-19-20-30(39)26-16-8-7-15-25(26)27)44-35(42)38-34(41)23-11-3-1-4-12-23/h1-22,31,33,39H,36H2,(H,37,40)(H,38,41,42)/b22-21+/t31-,33-/m1/s1. The van der Waals surface area contributed by atoms with E-state index in [1.165, 1.54) is 18.2 Å². The molecule has 0 bridgehead atoms. The summed E-state index contributed by atoms with van der Waals surface area (Å²) in [4.78, 5) is 38.9. The molecule has 3 amide bonds. The van der Waals surface area contributed by atoms with Crippen molar-refractivity contribution < 1.29 is 29.0 Å². The first-order valence-corrected chi connectivity index (χ1v) is 13.7. The van der Waals surface area contributed by atoms with Gasteiger partial charge in [-0.3, -0.25) is 14.9 Å². The molecule has 0 fully saturated rings. The van der Waals surface area contributed by atoms with Crippen molar-refractivity contribution in [3.8, 4) is 11.5 Å². The Labute approximate surface area is 253 Å². The van der Waals surface area contributed by atoms with E-state index in [0.29, 0.717) is 33.5 Å². The maximum atomic E-state index is 13.2. The van der Waals surface area contributed by atoms with Crippen LogP contribution >= 0.6 is 0 Å². The molecular formula is C35H29N3O6. The maximum Gasteiger partial charge on any atom is 0.414 e. The Morgan fingerprint density at radius 2 is 1.39 bits per heavy atom. The number of ether oxygens (including phenoxy) is 2. The summed E-state index contributed by atoms with van der Waals surface area (Å²) in [5.41, 5.74) is 7.54. The third-order valence-electron chi connectivity index (χ3n) is 6.70. The molecule has 5 aromatic rings. The van der Waals surface area contributed by atoms with Crippen LogP contribution in [0.2, 0.25) is 0 Å². The van der Waals surface area contributed by atoms with Gasteiger partial charge in [0.05, 0.1) is 11.4 Å². The highest BCUT2D eigenvalue weighted by molar-refractivity contribution is 6.03. The van der Waals surface area contributed by atoms with Crippen molar-refractivity contribution in [3.63, 3.8) is 0 Å². The van der Waals surface area contributed by atoms with Gasteiger partial charge in [-0.25, -0.2) is 4.79 Å². The third kappa shape index (κ3) is 7.21. The Balaban J connectivity index is 1.52. The number of aromatic hydroxyl groups is 1. The van der Waals surface area contributed by atoms with E-state index in [2.05, 4.69) is 10.6 Å². The summed E-state index contributed by atoms with van der Waals surface area (Å²) >= 11 is 0. The average molecular weight is 588 g/mol. The number of benzene rings is 5. The number of carbonyl (C=O) groups excluding carboxylic acids is 3. The highest BCUT2D eigenvalue weighted by Crippen LogP contribution is 2.35. The molecule has 9 heteroatoms. The fraction of sp³-hybridized carbons (Fsp3) is 0.0571. The number of carbonyl (C=O) groups is 3. The van der Waals surface area contributed by atoms with Crippen molar-refractivity contribution in [1.82, 2.24) is 5.32 Å². The number of nitrogens with two attached hydrogens (primary N) is 1. The van der Waals surface area contributed by atoms with Gasteiger partial charge >= 0.3 is 6.09 Å². The van der Waals surface area contributed by atoms with Crippen LogP contribution in [0.4, 0.5) is 16.2 Å². The molecule has 5 N–H and O–H groups in total. The number of phenolic OH excluding ortho intramolecular Hbond substituents is 1. The van der Waals surface area contributed by atoms with Gasteiger partial charge < -0.3 is 25.6 Å². The van der Waals surface area contributed by atoms with Gasteiger partial charge in [-0.15, -0.1) is 0 Å². The largest absolute Gasteiger partial charge is 0.507 e. The Hall–Kier alpha value is -6.09. The summed E-state index contributed by atoms with van der Waals surface area (Å²) < 4.78 is 12.2. The molecule has 220 valence electrons. The topological polar surface area (TPSA) is 140 Å². The third-order valence-corrected chi connectivity index (χ3v) is 6.70. The van der Waals surface area contributed by atoms with Crippen molar-refractivity contribution in [2.45, 2.75) is 12.2 Å². The summed E-state index contributed by atoms with van der Waals surface area (Å²) in [6.45, 7) is 0. The lowest BCUT2D eigenvalue weighted by Gasteiger charge is -2.27. The van der Waals surface area contributed by atoms with E-state index in [-0.39, 0.29) is 11.3 Å². The van der Waals surface area contributed by atoms with E-state index >= 15 is 0 Å². The molecule has 0 aliphatic heterocycles. The van der Waals surface area contributed by atoms with E-state index < -0.39 is 30.1 Å². The van der Waals surface area contributed by atoms with E-state index in [4.69, 9.17) is 15.2 Å². The molecule has 2 atom stereocenters. The van der Waals surface area contributed by atoms with Crippen molar-refractivity contribution in [3.05, 3.63) is 145 Å². The normalized spacial score (nSPS) is 12.3. The highest BCUT2D eigenvalue weighted by atomic mass is 16.6. The van der Waals surface area contributed by atoms with Crippen LogP contribution in [0.5, 0.6) is 11.5 Å². The van der Waals surface area contributed by atoms with Gasteiger partial charge in [0.25, 0.3) is 5.91 Å². The molecule has 0 heterocycles. The van der Waals surface area contributed by atoms with Crippen molar-refractivity contribution >= 4 is 40.1 Å². The Morgan fingerprint density at radius 1 is 0.750 bits per heavy atom. The minimum absolute atomic E-state index is 0.0303. The Morgan fingerprint density at radius 3 is 2.11 bits per heavy atom. The lowest BCUT2D eigenvalue weighted by Crippen LogP contribution is -2.36. The summed E-state index contributed by atoms with van der Waals surface area (Å²) in [5, 5.41) is 16.6. The summed E-state index contributed by atoms with van der Waals surface area (Å²) in [6, 6.07) is 34.0. The van der Waals surface area contributed by atoms with Gasteiger partial charge in [0.15, 0.2) is 12.2 Å². The lowest BCUT2D eigenvalue weighted by atomic mass is 9.96. The first-order chi connectivity index (χ1) is 21.4. The predicted octanol–water partition coefficient (Wildman–Crippen LogP) is 6.38. The number of imide groups is 1.